The Morgan fingerprint density at radius 2 is 1.92 bits per heavy atom. The number of pyridine rings is 1. The third kappa shape index (κ3) is 3.19. The van der Waals surface area contributed by atoms with Gasteiger partial charge in [-0.05, 0) is 56.3 Å². The molecule has 0 bridgehead atoms. The number of nitrogens with zero attached hydrogens (tertiary/aromatic N) is 3. The SMILES string of the molecule is CC(=O)c1ccc(Nc2nc(-c3cccnc3)nc3sc(C)cc23)cc1. The average molecular weight is 360 g/mol. The highest BCUT2D eigenvalue weighted by Gasteiger charge is 2.12. The number of fused-ring (bicyclic) bond motifs is 1. The molecular weight excluding hydrogens is 344 g/mol. The number of benzene rings is 1. The fourth-order valence-corrected chi connectivity index (χ4v) is 3.57. The van der Waals surface area contributed by atoms with Gasteiger partial charge in [0.05, 0.1) is 5.39 Å². The summed E-state index contributed by atoms with van der Waals surface area (Å²) in [6.07, 6.45) is 3.49. The summed E-state index contributed by atoms with van der Waals surface area (Å²) in [5.41, 5.74) is 2.43. The number of ketones is 1. The normalized spacial score (nSPS) is 10.8. The zero-order chi connectivity index (χ0) is 18.1. The van der Waals surface area contributed by atoms with Crippen LogP contribution in [0.3, 0.4) is 0 Å². The molecule has 1 aromatic carbocycles. The summed E-state index contributed by atoms with van der Waals surface area (Å²) in [7, 11) is 0. The lowest BCUT2D eigenvalue weighted by atomic mass is 10.1. The van der Waals surface area contributed by atoms with E-state index in [1.54, 1.807) is 30.7 Å². The van der Waals surface area contributed by atoms with Crippen LogP contribution in [0.2, 0.25) is 0 Å². The standard InChI is InChI=1S/C20H16N4OS/c1-12-10-17-19(22-16-7-5-14(6-8-16)13(2)25)23-18(24-20(17)26-12)15-4-3-9-21-11-15/h3-11H,1-2H3,(H,22,23,24). The zero-order valence-electron chi connectivity index (χ0n) is 14.4. The average Bonchev–Trinajstić information content (AvgIpc) is 3.03. The first-order valence-corrected chi connectivity index (χ1v) is 8.98. The fourth-order valence-electron chi connectivity index (χ4n) is 2.69. The zero-order valence-corrected chi connectivity index (χ0v) is 15.2. The number of Topliss-reactive ketones (excluding diaryl/α,β-unsaturated/α-hetero) is 1. The van der Waals surface area contributed by atoms with Crippen molar-refractivity contribution in [3.05, 3.63) is 65.3 Å². The van der Waals surface area contributed by atoms with Gasteiger partial charge in [-0.25, -0.2) is 9.97 Å². The van der Waals surface area contributed by atoms with E-state index in [4.69, 9.17) is 4.98 Å². The Kier molecular flexibility index (Phi) is 4.18. The quantitative estimate of drug-likeness (QED) is 0.518. The van der Waals surface area contributed by atoms with E-state index in [2.05, 4.69) is 28.3 Å². The Morgan fingerprint density at radius 1 is 1.12 bits per heavy atom. The minimum Gasteiger partial charge on any atom is -0.340 e. The van der Waals surface area contributed by atoms with Crippen molar-refractivity contribution in [3.63, 3.8) is 0 Å². The molecule has 5 nitrogen and oxygen atoms in total. The van der Waals surface area contributed by atoms with Crippen molar-refractivity contribution in [1.29, 1.82) is 0 Å². The number of rotatable bonds is 4. The molecule has 1 N–H and O–H groups in total. The van der Waals surface area contributed by atoms with E-state index in [1.165, 1.54) is 4.88 Å². The highest BCUT2D eigenvalue weighted by Crippen LogP contribution is 2.32. The molecule has 0 fully saturated rings. The first kappa shape index (κ1) is 16.4. The first-order valence-electron chi connectivity index (χ1n) is 8.17. The number of aromatic nitrogens is 3. The van der Waals surface area contributed by atoms with Crippen LogP contribution in [0.15, 0.2) is 54.9 Å². The van der Waals surface area contributed by atoms with Gasteiger partial charge in [0.15, 0.2) is 11.6 Å². The largest absolute Gasteiger partial charge is 0.340 e. The maximum atomic E-state index is 11.4. The second kappa shape index (κ2) is 6.65. The van der Waals surface area contributed by atoms with Crippen LogP contribution >= 0.6 is 11.3 Å². The number of nitrogens with one attached hydrogen (secondary N) is 1. The van der Waals surface area contributed by atoms with Crippen LogP contribution in [0, 0.1) is 6.92 Å². The van der Waals surface area contributed by atoms with Crippen LogP contribution in [-0.4, -0.2) is 20.7 Å². The Morgan fingerprint density at radius 3 is 2.62 bits per heavy atom. The highest BCUT2D eigenvalue weighted by molar-refractivity contribution is 7.18. The van der Waals surface area contributed by atoms with Gasteiger partial charge in [0.25, 0.3) is 0 Å². The second-order valence-corrected chi connectivity index (χ2v) is 7.21. The van der Waals surface area contributed by atoms with Gasteiger partial charge in [-0.3, -0.25) is 9.78 Å². The Bertz CT molecular complexity index is 1090. The summed E-state index contributed by atoms with van der Waals surface area (Å²) >= 11 is 1.64. The Hall–Kier alpha value is -3.12. The maximum absolute atomic E-state index is 11.4. The molecule has 0 radical (unpaired) electrons. The lowest BCUT2D eigenvalue weighted by Crippen LogP contribution is -1.99. The smallest absolute Gasteiger partial charge is 0.164 e. The van der Waals surface area contributed by atoms with Gasteiger partial charge in [-0.15, -0.1) is 11.3 Å². The highest BCUT2D eigenvalue weighted by atomic mass is 32.1. The summed E-state index contributed by atoms with van der Waals surface area (Å²) in [6.45, 7) is 3.62. The fraction of sp³-hybridized carbons (Fsp3) is 0.100. The number of hydrogen-bond donors (Lipinski definition) is 1. The van der Waals surface area contributed by atoms with Crippen molar-refractivity contribution in [2.24, 2.45) is 0 Å². The van der Waals surface area contributed by atoms with Crippen LogP contribution in [0.25, 0.3) is 21.6 Å². The van der Waals surface area contributed by atoms with Crippen molar-refractivity contribution < 1.29 is 4.79 Å². The van der Waals surface area contributed by atoms with Gasteiger partial charge in [-0.1, -0.05) is 0 Å². The number of carbonyl (C=O) groups is 1. The molecule has 4 aromatic rings. The molecule has 0 amide bonds. The maximum Gasteiger partial charge on any atom is 0.164 e. The third-order valence-corrected chi connectivity index (χ3v) is 4.93. The van der Waals surface area contributed by atoms with Crippen molar-refractivity contribution >= 4 is 38.8 Å². The molecule has 0 saturated carbocycles. The van der Waals surface area contributed by atoms with E-state index in [0.29, 0.717) is 11.4 Å². The molecule has 26 heavy (non-hydrogen) atoms. The topological polar surface area (TPSA) is 67.8 Å². The molecule has 6 heteroatoms. The van der Waals surface area contributed by atoms with Crippen LogP contribution in [-0.2, 0) is 0 Å². The molecule has 3 aromatic heterocycles. The number of carbonyl (C=O) groups excluding carboxylic acids is 1. The molecule has 0 unspecified atom stereocenters. The summed E-state index contributed by atoms with van der Waals surface area (Å²) in [5.74, 6) is 1.43. The van der Waals surface area contributed by atoms with Gasteiger partial charge in [0.2, 0.25) is 0 Å². The van der Waals surface area contributed by atoms with Crippen LogP contribution < -0.4 is 5.32 Å². The lowest BCUT2D eigenvalue weighted by molar-refractivity contribution is 0.101. The van der Waals surface area contributed by atoms with Gasteiger partial charge in [-0.2, -0.15) is 0 Å². The Labute approximate surface area is 154 Å². The molecule has 4 rings (SSSR count). The van der Waals surface area contributed by atoms with E-state index >= 15 is 0 Å². The van der Waals surface area contributed by atoms with Gasteiger partial charge in [0.1, 0.15) is 10.6 Å². The second-order valence-electron chi connectivity index (χ2n) is 5.97. The summed E-state index contributed by atoms with van der Waals surface area (Å²) in [6, 6.07) is 13.3. The van der Waals surface area contributed by atoms with Crippen molar-refractivity contribution in [3.8, 4) is 11.4 Å². The van der Waals surface area contributed by atoms with Crippen molar-refractivity contribution in [2.45, 2.75) is 13.8 Å². The third-order valence-electron chi connectivity index (χ3n) is 3.99. The molecule has 0 aliphatic carbocycles. The Balaban J connectivity index is 1.78. The molecule has 0 atom stereocenters. The molecule has 0 saturated heterocycles. The molecule has 3 heterocycles. The number of hydrogen-bond acceptors (Lipinski definition) is 6. The van der Waals surface area contributed by atoms with Gasteiger partial charge >= 0.3 is 0 Å². The predicted molar refractivity (Wildman–Crippen MR) is 105 cm³/mol. The van der Waals surface area contributed by atoms with Crippen molar-refractivity contribution in [2.75, 3.05) is 5.32 Å². The van der Waals surface area contributed by atoms with Crippen LogP contribution in [0.5, 0.6) is 0 Å². The van der Waals surface area contributed by atoms with E-state index in [-0.39, 0.29) is 5.78 Å². The summed E-state index contributed by atoms with van der Waals surface area (Å²) in [4.78, 5) is 27.1. The molecule has 0 aliphatic heterocycles. The van der Waals surface area contributed by atoms with Gasteiger partial charge < -0.3 is 5.32 Å². The van der Waals surface area contributed by atoms with Crippen molar-refractivity contribution in [1.82, 2.24) is 15.0 Å². The molecule has 0 spiro atoms. The van der Waals surface area contributed by atoms with E-state index in [1.807, 2.05) is 36.4 Å². The lowest BCUT2D eigenvalue weighted by Gasteiger charge is -2.09. The first-order chi connectivity index (χ1) is 12.6. The molecule has 128 valence electrons. The van der Waals surface area contributed by atoms with Gasteiger partial charge in [0, 0.05) is 34.1 Å². The summed E-state index contributed by atoms with van der Waals surface area (Å²) < 4.78 is 0. The monoisotopic (exact) mass is 360 g/mol. The minimum atomic E-state index is 0.0494. The van der Waals surface area contributed by atoms with Crippen LogP contribution in [0.4, 0.5) is 11.5 Å². The minimum absolute atomic E-state index is 0.0494. The molecule has 0 aliphatic rings. The number of thiophene rings is 1. The van der Waals surface area contributed by atoms with E-state index in [0.717, 1.165) is 27.3 Å². The number of anilines is 2. The van der Waals surface area contributed by atoms with Crippen LogP contribution in [0.1, 0.15) is 22.2 Å². The van der Waals surface area contributed by atoms with E-state index in [9.17, 15) is 4.79 Å². The predicted octanol–water partition coefficient (Wildman–Crippen LogP) is 5.01. The summed E-state index contributed by atoms with van der Waals surface area (Å²) in [5, 5.41) is 4.34. The number of aryl methyl sites for hydroxylation is 1. The molecular formula is C20H16N4OS. The van der Waals surface area contributed by atoms with E-state index < -0.39 is 0 Å².